The first-order chi connectivity index (χ1) is 3.88. The molecule has 2 aliphatic rings. The minimum atomic E-state index is -0.352. The minimum Gasteiger partial charge on any atom is -0.388 e. The molecule has 2 unspecified atom stereocenters. The average molecular weight is 116 g/mol. The third kappa shape index (κ3) is 0.438. The number of rotatable bonds is 0. The Hall–Kier alpha value is -0.120. The lowest BCUT2D eigenvalue weighted by atomic mass is 10.2. The van der Waals surface area contributed by atoms with Gasteiger partial charge in [0.2, 0.25) is 0 Å². The zero-order chi connectivity index (χ0) is 5.56. The monoisotopic (exact) mass is 116 g/mol. The molecule has 0 aromatic carbocycles. The van der Waals surface area contributed by atoms with Crippen LogP contribution in [0.2, 0.25) is 0 Å². The quantitative estimate of drug-likeness (QED) is 0.448. The number of hydrogen-bond acceptors (Lipinski definition) is 3. The van der Waals surface area contributed by atoms with Gasteiger partial charge in [0.15, 0.2) is 0 Å². The molecule has 3 heteroatoms. The van der Waals surface area contributed by atoms with E-state index in [1.54, 1.807) is 0 Å². The molecule has 0 saturated carbocycles. The van der Waals surface area contributed by atoms with E-state index in [4.69, 9.17) is 14.6 Å². The first-order valence-electron chi connectivity index (χ1n) is 2.79. The summed E-state index contributed by atoms with van der Waals surface area (Å²) in [5, 5.41) is 9.08. The Bertz CT molecular complexity index is 83.8. The lowest BCUT2D eigenvalue weighted by Crippen LogP contribution is -2.21. The molecule has 0 aliphatic carbocycles. The molecule has 0 aromatic heterocycles. The summed E-state index contributed by atoms with van der Waals surface area (Å²) in [5.74, 6) is 0. The predicted molar refractivity (Wildman–Crippen MR) is 25.5 cm³/mol. The van der Waals surface area contributed by atoms with E-state index >= 15 is 0 Å². The molecule has 2 bridgehead atoms. The fourth-order valence-corrected chi connectivity index (χ4v) is 1.17. The van der Waals surface area contributed by atoms with Crippen LogP contribution in [-0.4, -0.2) is 36.6 Å². The molecule has 2 rings (SSSR count). The standard InChI is InChI=1S/C5H8O3/c6-5-3-1-7-4(5)2-8-3/h3-6H,1-2H2. The molecular formula is C5H8O3. The molecule has 2 heterocycles. The van der Waals surface area contributed by atoms with Crippen molar-refractivity contribution in [2.24, 2.45) is 0 Å². The van der Waals surface area contributed by atoms with Crippen LogP contribution in [-0.2, 0) is 9.47 Å². The third-order valence-electron chi connectivity index (χ3n) is 1.71. The molecular weight excluding hydrogens is 108 g/mol. The van der Waals surface area contributed by atoms with E-state index in [-0.39, 0.29) is 18.3 Å². The maximum atomic E-state index is 9.08. The van der Waals surface area contributed by atoms with Crippen LogP contribution in [0.4, 0.5) is 0 Å². The number of fused-ring (bicyclic) bond motifs is 2. The Labute approximate surface area is 47.2 Å². The Morgan fingerprint density at radius 3 is 1.75 bits per heavy atom. The highest BCUT2D eigenvalue weighted by molar-refractivity contribution is 4.89. The second-order valence-corrected chi connectivity index (χ2v) is 2.23. The maximum Gasteiger partial charge on any atom is 0.111 e. The topological polar surface area (TPSA) is 38.7 Å². The highest BCUT2D eigenvalue weighted by Gasteiger charge is 2.42. The molecule has 8 heavy (non-hydrogen) atoms. The van der Waals surface area contributed by atoms with Crippen molar-refractivity contribution in [2.45, 2.75) is 18.3 Å². The van der Waals surface area contributed by atoms with Crippen LogP contribution in [0.3, 0.4) is 0 Å². The summed E-state index contributed by atoms with van der Waals surface area (Å²) in [7, 11) is 0. The summed E-state index contributed by atoms with van der Waals surface area (Å²) < 4.78 is 10.2. The smallest absolute Gasteiger partial charge is 0.111 e. The van der Waals surface area contributed by atoms with E-state index in [1.165, 1.54) is 0 Å². The van der Waals surface area contributed by atoms with Crippen molar-refractivity contribution in [3.8, 4) is 0 Å². The Morgan fingerprint density at radius 1 is 1.12 bits per heavy atom. The molecule has 2 atom stereocenters. The summed E-state index contributed by atoms with van der Waals surface area (Å²) in [6, 6.07) is 0. The second kappa shape index (κ2) is 1.43. The van der Waals surface area contributed by atoms with Gasteiger partial charge in [0.25, 0.3) is 0 Å². The molecule has 0 spiro atoms. The van der Waals surface area contributed by atoms with E-state index in [2.05, 4.69) is 0 Å². The first-order valence-corrected chi connectivity index (χ1v) is 2.79. The van der Waals surface area contributed by atoms with Gasteiger partial charge in [-0.3, -0.25) is 0 Å². The molecule has 46 valence electrons. The Morgan fingerprint density at radius 2 is 1.62 bits per heavy atom. The van der Waals surface area contributed by atoms with E-state index in [0.717, 1.165) is 0 Å². The summed E-state index contributed by atoms with van der Waals surface area (Å²) in [4.78, 5) is 0. The van der Waals surface area contributed by atoms with Gasteiger partial charge in [0, 0.05) is 0 Å². The maximum absolute atomic E-state index is 9.08. The SMILES string of the molecule is OC1C2COC1CO2. The lowest BCUT2D eigenvalue weighted by Gasteiger charge is -2.08. The van der Waals surface area contributed by atoms with E-state index < -0.39 is 0 Å². The van der Waals surface area contributed by atoms with Crippen LogP contribution >= 0.6 is 0 Å². The van der Waals surface area contributed by atoms with Crippen LogP contribution in [0, 0.1) is 0 Å². The van der Waals surface area contributed by atoms with Crippen LogP contribution in [0.5, 0.6) is 0 Å². The molecule has 3 nitrogen and oxygen atoms in total. The van der Waals surface area contributed by atoms with Gasteiger partial charge in [-0.15, -0.1) is 0 Å². The zero-order valence-electron chi connectivity index (χ0n) is 4.41. The fraction of sp³-hybridized carbons (Fsp3) is 1.00. The van der Waals surface area contributed by atoms with Gasteiger partial charge in [-0.2, -0.15) is 0 Å². The molecule has 1 N–H and O–H groups in total. The fourth-order valence-electron chi connectivity index (χ4n) is 1.17. The van der Waals surface area contributed by atoms with Crippen LogP contribution in [0.1, 0.15) is 0 Å². The van der Waals surface area contributed by atoms with Crippen molar-refractivity contribution in [3.63, 3.8) is 0 Å². The minimum absolute atomic E-state index is 0.0278. The van der Waals surface area contributed by atoms with Crippen molar-refractivity contribution in [1.29, 1.82) is 0 Å². The van der Waals surface area contributed by atoms with Crippen molar-refractivity contribution in [2.75, 3.05) is 13.2 Å². The normalized spacial score (nSPS) is 52.9. The van der Waals surface area contributed by atoms with Crippen LogP contribution < -0.4 is 0 Å². The number of ether oxygens (including phenoxy) is 2. The Balaban J connectivity index is 2.16. The van der Waals surface area contributed by atoms with E-state index in [9.17, 15) is 0 Å². The van der Waals surface area contributed by atoms with Crippen molar-refractivity contribution < 1.29 is 14.6 Å². The summed E-state index contributed by atoms with van der Waals surface area (Å²) >= 11 is 0. The highest BCUT2D eigenvalue weighted by Crippen LogP contribution is 2.24. The molecule has 2 saturated heterocycles. The van der Waals surface area contributed by atoms with Gasteiger partial charge in [0.05, 0.1) is 13.2 Å². The van der Waals surface area contributed by atoms with Crippen molar-refractivity contribution >= 4 is 0 Å². The number of aliphatic hydroxyl groups is 1. The van der Waals surface area contributed by atoms with Gasteiger partial charge in [-0.25, -0.2) is 0 Å². The van der Waals surface area contributed by atoms with Crippen LogP contribution in [0.15, 0.2) is 0 Å². The zero-order valence-corrected chi connectivity index (χ0v) is 4.41. The molecule has 2 aliphatic heterocycles. The van der Waals surface area contributed by atoms with Gasteiger partial charge >= 0.3 is 0 Å². The summed E-state index contributed by atoms with van der Waals surface area (Å²) in [5.41, 5.74) is 0. The number of aliphatic hydroxyl groups excluding tert-OH is 1. The highest BCUT2D eigenvalue weighted by atomic mass is 16.6. The Kier molecular flexibility index (Phi) is 0.848. The lowest BCUT2D eigenvalue weighted by molar-refractivity contribution is -0.0376. The summed E-state index contributed by atoms with van der Waals surface area (Å²) in [6.45, 7) is 1.15. The van der Waals surface area contributed by atoms with Gasteiger partial charge in [-0.05, 0) is 0 Å². The molecule has 0 aromatic rings. The van der Waals surface area contributed by atoms with Gasteiger partial charge in [-0.1, -0.05) is 0 Å². The molecule has 2 fully saturated rings. The number of hydrogen-bond donors (Lipinski definition) is 1. The second-order valence-electron chi connectivity index (χ2n) is 2.23. The van der Waals surface area contributed by atoms with Crippen molar-refractivity contribution in [3.05, 3.63) is 0 Å². The van der Waals surface area contributed by atoms with Gasteiger partial charge in [0.1, 0.15) is 18.3 Å². The van der Waals surface area contributed by atoms with Crippen LogP contribution in [0.25, 0.3) is 0 Å². The van der Waals surface area contributed by atoms with Gasteiger partial charge < -0.3 is 14.6 Å². The largest absolute Gasteiger partial charge is 0.388 e. The van der Waals surface area contributed by atoms with Crippen molar-refractivity contribution in [1.82, 2.24) is 0 Å². The van der Waals surface area contributed by atoms with E-state index in [0.29, 0.717) is 13.2 Å². The average Bonchev–Trinajstić information content (AvgIpc) is 2.29. The predicted octanol–water partition coefficient (Wildman–Crippen LogP) is -0.855. The summed E-state index contributed by atoms with van der Waals surface area (Å²) in [6.07, 6.45) is -0.407. The van der Waals surface area contributed by atoms with E-state index in [1.807, 2.05) is 0 Å². The first kappa shape index (κ1) is 4.73. The third-order valence-corrected chi connectivity index (χ3v) is 1.71. The molecule has 0 radical (unpaired) electrons. The molecule has 0 amide bonds.